The van der Waals surface area contributed by atoms with Crippen LogP contribution in [0.25, 0.3) is 0 Å². The Kier molecular flexibility index (Phi) is 3.66. The van der Waals surface area contributed by atoms with Crippen molar-refractivity contribution in [2.24, 2.45) is 17.8 Å². The molecule has 0 aliphatic heterocycles. The Morgan fingerprint density at radius 3 is 2.65 bits per heavy atom. The van der Waals surface area contributed by atoms with Crippen molar-refractivity contribution in [3.05, 3.63) is 0 Å². The lowest BCUT2D eigenvalue weighted by molar-refractivity contribution is -0.145. The van der Waals surface area contributed by atoms with Crippen molar-refractivity contribution in [2.75, 3.05) is 26.8 Å². The Hall–Kier alpha value is -1.10. The van der Waals surface area contributed by atoms with Gasteiger partial charge in [-0.25, -0.2) is 0 Å². The van der Waals surface area contributed by atoms with Gasteiger partial charge in [-0.3, -0.25) is 9.59 Å². The molecule has 5 nitrogen and oxygen atoms in total. The van der Waals surface area contributed by atoms with Crippen LogP contribution < -0.4 is 0 Å². The van der Waals surface area contributed by atoms with Gasteiger partial charge in [-0.15, -0.1) is 0 Å². The predicted molar refractivity (Wildman–Crippen MR) is 60.4 cm³/mol. The van der Waals surface area contributed by atoms with E-state index in [4.69, 9.17) is 9.84 Å². The zero-order valence-electron chi connectivity index (χ0n) is 10.1. The Labute approximate surface area is 101 Å². The first kappa shape index (κ1) is 12.4. The van der Waals surface area contributed by atoms with E-state index in [0.29, 0.717) is 19.1 Å². The summed E-state index contributed by atoms with van der Waals surface area (Å²) in [5.74, 6) is 0.387. The number of aliphatic carboxylic acids is 1. The molecule has 0 aromatic heterocycles. The fraction of sp³-hybridized carbons (Fsp3) is 0.833. The molecule has 1 amide bonds. The molecule has 0 heterocycles. The van der Waals surface area contributed by atoms with E-state index in [2.05, 4.69) is 0 Å². The molecule has 0 aromatic rings. The van der Waals surface area contributed by atoms with E-state index < -0.39 is 5.97 Å². The molecule has 96 valence electrons. The monoisotopic (exact) mass is 241 g/mol. The van der Waals surface area contributed by atoms with Crippen LogP contribution in [0, 0.1) is 17.8 Å². The van der Waals surface area contributed by atoms with Crippen molar-refractivity contribution in [1.82, 2.24) is 4.90 Å². The smallest absolute Gasteiger partial charge is 0.323 e. The zero-order valence-corrected chi connectivity index (χ0v) is 10.1. The number of carboxylic acids is 1. The molecule has 2 unspecified atom stereocenters. The van der Waals surface area contributed by atoms with Crippen LogP contribution in [-0.2, 0) is 14.3 Å². The third-order valence-corrected chi connectivity index (χ3v) is 3.59. The fourth-order valence-corrected chi connectivity index (χ4v) is 2.41. The van der Waals surface area contributed by atoms with Crippen LogP contribution in [0.4, 0.5) is 0 Å². The number of hydrogen-bond donors (Lipinski definition) is 1. The standard InChI is InChI=1S/C12H19NO4/c1-17-5-4-13(7-11(14)15)12(16)10-6-9(10)8-2-3-8/h8-10H,2-7H2,1H3,(H,14,15). The molecule has 2 aliphatic rings. The van der Waals surface area contributed by atoms with E-state index in [-0.39, 0.29) is 18.4 Å². The number of ether oxygens (including phenoxy) is 1. The zero-order chi connectivity index (χ0) is 12.4. The Morgan fingerprint density at radius 1 is 1.41 bits per heavy atom. The first-order valence-electron chi connectivity index (χ1n) is 6.13. The van der Waals surface area contributed by atoms with Gasteiger partial charge in [-0.05, 0) is 31.1 Å². The van der Waals surface area contributed by atoms with E-state index in [9.17, 15) is 9.59 Å². The van der Waals surface area contributed by atoms with Crippen molar-refractivity contribution in [1.29, 1.82) is 0 Å². The minimum atomic E-state index is -0.960. The molecular weight excluding hydrogens is 222 g/mol. The summed E-state index contributed by atoms with van der Waals surface area (Å²) in [7, 11) is 1.55. The second kappa shape index (κ2) is 5.04. The van der Waals surface area contributed by atoms with Crippen molar-refractivity contribution in [2.45, 2.75) is 19.3 Å². The highest BCUT2D eigenvalue weighted by Gasteiger charge is 2.52. The number of methoxy groups -OCH3 is 1. The van der Waals surface area contributed by atoms with E-state index >= 15 is 0 Å². The third-order valence-electron chi connectivity index (χ3n) is 3.59. The molecule has 0 aromatic carbocycles. The molecule has 5 heteroatoms. The largest absolute Gasteiger partial charge is 0.480 e. The van der Waals surface area contributed by atoms with Crippen LogP contribution in [0.2, 0.25) is 0 Å². The SMILES string of the molecule is COCCN(CC(=O)O)C(=O)C1CC1C1CC1. The second-order valence-electron chi connectivity index (χ2n) is 4.99. The number of carboxylic acid groups (broad SMARTS) is 1. The van der Waals surface area contributed by atoms with Gasteiger partial charge in [0.05, 0.1) is 6.61 Å². The minimum Gasteiger partial charge on any atom is -0.480 e. The molecule has 2 saturated carbocycles. The second-order valence-corrected chi connectivity index (χ2v) is 4.99. The predicted octanol–water partition coefficient (Wildman–Crippen LogP) is 0.592. The number of amides is 1. The summed E-state index contributed by atoms with van der Waals surface area (Å²) in [4.78, 5) is 24.2. The van der Waals surface area contributed by atoms with E-state index in [1.54, 1.807) is 7.11 Å². The van der Waals surface area contributed by atoms with Gasteiger partial charge >= 0.3 is 5.97 Å². The Bertz CT molecular complexity index is 314. The molecule has 0 saturated heterocycles. The van der Waals surface area contributed by atoms with Gasteiger partial charge in [-0.2, -0.15) is 0 Å². The molecule has 17 heavy (non-hydrogen) atoms. The lowest BCUT2D eigenvalue weighted by Gasteiger charge is -2.20. The van der Waals surface area contributed by atoms with Crippen LogP contribution in [0.3, 0.4) is 0 Å². The highest BCUT2D eigenvalue weighted by molar-refractivity contribution is 5.85. The van der Waals surface area contributed by atoms with Crippen molar-refractivity contribution in [3.63, 3.8) is 0 Å². The first-order chi connectivity index (χ1) is 8.13. The lowest BCUT2D eigenvalue weighted by atomic mass is 10.2. The molecule has 2 atom stereocenters. The highest BCUT2D eigenvalue weighted by atomic mass is 16.5. The third kappa shape index (κ3) is 3.19. The van der Waals surface area contributed by atoms with E-state index in [1.165, 1.54) is 17.7 Å². The van der Waals surface area contributed by atoms with Gasteiger partial charge in [-0.1, -0.05) is 0 Å². The summed E-state index contributed by atoms with van der Waals surface area (Å²) < 4.78 is 4.90. The fourth-order valence-electron chi connectivity index (χ4n) is 2.41. The van der Waals surface area contributed by atoms with E-state index in [1.807, 2.05) is 0 Å². The Morgan fingerprint density at radius 2 is 2.12 bits per heavy atom. The molecule has 2 aliphatic carbocycles. The van der Waals surface area contributed by atoms with Gasteiger partial charge < -0.3 is 14.7 Å². The first-order valence-corrected chi connectivity index (χ1v) is 6.13. The highest BCUT2D eigenvalue weighted by Crippen LogP contribution is 2.54. The van der Waals surface area contributed by atoms with Gasteiger partial charge in [0.1, 0.15) is 6.54 Å². The number of nitrogens with zero attached hydrogens (tertiary/aromatic N) is 1. The number of carbonyl (C=O) groups excluding carboxylic acids is 1. The quantitative estimate of drug-likeness (QED) is 0.708. The number of rotatable bonds is 7. The maximum atomic E-state index is 12.1. The van der Waals surface area contributed by atoms with Crippen LogP contribution in [0.5, 0.6) is 0 Å². The molecule has 0 radical (unpaired) electrons. The van der Waals surface area contributed by atoms with Crippen LogP contribution in [-0.4, -0.2) is 48.7 Å². The summed E-state index contributed by atoms with van der Waals surface area (Å²) in [5, 5.41) is 8.79. The van der Waals surface area contributed by atoms with Crippen molar-refractivity contribution < 1.29 is 19.4 Å². The van der Waals surface area contributed by atoms with Gasteiger partial charge in [0.25, 0.3) is 0 Å². The van der Waals surface area contributed by atoms with Crippen LogP contribution in [0.15, 0.2) is 0 Å². The molecular formula is C12H19NO4. The molecule has 0 spiro atoms. The minimum absolute atomic E-state index is 0.00125. The Balaban J connectivity index is 1.85. The average Bonchev–Trinajstić information content (AvgIpc) is 3.14. The molecule has 1 N–H and O–H groups in total. The van der Waals surface area contributed by atoms with Gasteiger partial charge in [0.2, 0.25) is 5.91 Å². The molecule has 0 bridgehead atoms. The number of carbonyl (C=O) groups is 2. The van der Waals surface area contributed by atoms with Crippen molar-refractivity contribution >= 4 is 11.9 Å². The summed E-state index contributed by atoms with van der Waals surface area (Å²) in [6.07, 6.45) is 3.43. The molecule has 2 fully saturated rings. The maximum Gasteiger partial charge on any atom is 0.323 e. The van der Waals surface area contributed by atoms with Crippen LogP contribution >= 0.6 is 0 Å². The van der Waals surface area contributed by atoms with Gasteiger partial charge in [0.15, 0.2) is 0 Å². The topological polar surface area (TPSA) is 66.8 Å². The summed E-state index contributed by atoms with van der Waals surface area (Å²) >= 11 is 0. The lowest BCUT2D eigenvalue weighted by Crippen LogP contribution is -2.39. The average molecular weight is 241 g/mol. The molecule has 2 rings (SSSR count). The summed E-state index contributed by atoms with van der Waals surface area (Å²) in [6.45, 7) is 0.547. The normalized spacial score (nSPS) is 26.6. The maximum absolute atomic E-state index is 12.1. The van der Waals surface area contributed by atoms with Gasteiger partial charge in [0, 0.05) is 19.6 Å². The summed E-state index contributed by atoms with van der Waals surface area (Å²) in [6, 6.07) is 0. The summed E-state index contributed by atoms with van der Waals surface area (Å²) in [5.41, 5.74) is 0. The van der Waals surface area contributed by atoms with E-state index in [0.717, 1.165) is 12.3 Å². The van der Waals surface area contributed by atoms with Crippen molar-refractivity contribution in [3.8, 4) is 0 Å². The van der Waals surface area contributed by atoms with Crippen LogP contribution in [0.1, 0.15) is 19.3 Å². The number of hydrogen-bond acceptors (Lipinski definition) is 3.